The Morgan fingerprint density at radius 2 is 1.50 bits per heavy atom. The van der Waals surface area contributed by atoms with Crippen molar-refractivity contribution in [1.82, 2.24) is 19.9 Å². The van der Waals surface area contributed by atoms with Gasteiger partial charge in [-0.05, 0) is 66.8 Å². The Morgan fingerprint density at radius 1 is 0.821 bits per heavy atom. The van der Waals surface area contributed by atoms with E-state index in [0.717, 1.165) is 43.6 Å². The zero-order chi connectivity index (χ0) is 18.9. The van der Waals surface area contributed by atoms with Gasteiger partial charge in [-0.15, -0.1) is 0 Å². The lowest BCUT2D eigenvalue weighted by Crippen LogP contribution is -2.30. The summed E-state index contributed by atoms with van der Waals surface area (Å²) in [5.74, 6) is 1.76. The average molecular weight is 375 g/mol. The molecule has 1 saturated carbocycles. The van der Waals surface area contributed by atoms with Crippen LogP contribution in [0.25, 0.3) is 11.6 Å². The highest BCUT2D eigenvalue weighted by molar-refractivity contribution is 5.53. The van der Waals surface area contributed by atoms with Gasteiger partial charge in [-0.1, -0.05) is 6.07 Å². The minimum Gasteiger partial charge on any atom is -0.369 e. The van der Waals surface area contributed by atoms with E-state index in [4.69, 9.17) is 0 Å². The van der Waals surface area contributed by atoms with Crippen molar-refractivity contribution in [3.8, 4) is 11.6 Å². The third-order valence-corrected chi connectivity index (χ3v) is 5.75. The number of piperidine rings is 1. The van der Waals surface area contributed by atoms with Crippen molar-refractivity contribution in [2.24, 2.45) is 0 Å². The SMILES string of the molecule is Fc1ccc([C@@H]2C[C@H]2c2cnc(-c3ncccn3)nc2)cc1N1CCCCC1. The number of hydrogen-bond acceptors (Lipinski definition) is 5. The van der Waals surface area contributed by atoms with Gasteiger partial charge in [0.05, 0.1) is 5.69 Å². The fraction of sp³-hybridized carbons (Fsp3) is 0.364. The molecular weight excluding hydrogens is 353 g/mol. The monoisotopic (exact) mass is 375 g/mol. The van der Waals surface area contributed by atoms with E-state index in [2.05, 4.69) is 30.9 Å². The fourth-order valence-electron chi connectivity index (χ4n) is 4.13. The molecule has 6 heteroatoms. The number of hydrogen-bond donors (Lipinski definition) is 0. The van der Waals surface area contributed by atoms with Gasteiger partial charge in [-0.2, -0.15) is 0 Å². The minimum absolute atomic E-state index is 0.113. The smallest absolute Gasteiger partial charge is 0.197 e. The van der Waals surface area contributed by atoms with E-state index in [-0.39, 0.29) is 5.82 Å². The third kappa shape index (κ3) is 3.35. The Morgan fingerprint density at radius 3 is 2.25 bits per heavy atom. The fourth-order valence-corrected chi connectivity index (χ4v) is 4.13. The van der Waals surface area contributed by atoms with Crippen molar-refractivity contribution in [1.29, 1.82) is 0 Å². The van der Waals surface area contributed by atoms with Crippen molar-refractivity contribution in [2.75, 3.05) is 18.0 Å². The second-order valence-electron chi connectivity index (χ2n) is 7.62. The normalized spacial score (nSPS) is 21.5. The van der Waals surface area contributed by atoms with Gasteiger partial charge in [-0.3, -0.25) is 0 Å². The summed E-state index contributed by atoms with van der Waals surface area (Å²) in [6, 6.07) is 7.38. The first-order valence-electron chi connectivity index (χ1n) is 9.93. The Balaban J connectivity index is 1.33. The van der Waals surface area contributed by atoms with Crippen LogP contribution < -0.4 is 4.90 Å². The van der Waals surface area contributed by atoms with Crippen molar-refractivity contribution < 1.29 is 4.39 Å². The Kier molecular flexibility index (Phi) is 4.47. The summed E-state index contributed by atoms with van der Waals surface area (Å²) >= 11 is 0. The first-order valence-corrected chi connectivity index (χ1v) is 9.93. The lowest BCUT2D eigenvalue weighted by Gasteiger charge is -2.29. The van der Waals surface area contributed by atoms with E-state index in [1.54, 1.807) is 24.5 Å². The van der Waals surface area contributed by atoms with Crippen molar-refractivity contribution in [3.63, 3.8) is 0 Å². The maximum Gasteiger partial charge on any atom is 0.197 e. The molecule has 5 rings (SSSR count). The summed E-state index contributed by atoms with van der Waals surface area (Å²) in [7, 11) is 0. The van der Waals surface area contributed by atoms with Gasteiger partial charge in [0.15, 0.2) is 11.6 Å². The van der Waals surface area contributed by atoms with E-state index in [1.807, 2.05) is 18.5 Å². The third-order valence-electron chi connectivity index (χ3n) is 5.75. The molecule has 0 bridgehead atoms. The molecule has 0 N–H and O–H groups in total. The van der Waals surface area contributed by atoms with Crippen LogP contribution in [0.1, 0.15) is 48.6 Å². The van der Waals surface area contributed by atoms with Gasteiger partial charge in [0.2, 0.25) is 0 Å². The van der Waals surface area contributed by atoms with Gasteiger partial charge in [0, 0.05) is 37.9 Å². The average Bonchev–Trinajstić information content (AvgIpc) is 3.56. The second-order valence-corrected chi connectivity index (χ2v) is 7.62. The van der Waals surface area contributed by atoms with E-state index in [1.165, 1.54) is 12.0 Å². The molecule has 1 saturated heterocycles. The molecule has 142 valence electrons. The van der Waals surface area contributed by atoms with Gasteiger partial charge < -0.3 is 4.90 Å². The number of benzene rings is 1. The molecule has 5 nitrogen and oxygen atoms in total. The quantitative estimate of drug-likeness (QED) is 0.679. The number of aromatic nitrogens is 4. The molecule has 0 amide bonds. The lowest BCUT2D eigenvalue weighted by atomic mass is 10.0. The van der Waals surface area contributed by atoms with Crippen LogP contribution in [0.5, 0.6) is 0 Å². The number of halogens is 1. The maximum absolute atomic E-state index is 14.4. The summed E-state index contributed by atoms with van der Waals surface area (Å²) in [4.78, 5) is 19.4. The van der Waals surface area contributed by atoms with Crippen LogP contribution in [0.15, 0.2) is 49.1 Å². The van der Waals surface area contributed by atoms with E-state index in [0.29, 0.717) is 23.5 Å². The summed E-state index contributed by atoms with van der Waals surface area (Å²) in [6.45, 7) is 1.90. The number of anilines is 1. The van der Waals surface area contributed by atoms with Gasteiger partial charge in [0.25, 0.3) is 0 Å². The number of nitrogens with zero attached hydrogens (tertiary/aromatic N) is 5. The van der Waals surface area contributed by atoms with Gasteiger partial charge in [-0.25, -0.2) is 24.3 Å². The predicted molar refractivity (Wildman–Crippen MR) is 106 cm³/mol. The van der Waals surface area contributed by atoms with Crippen LogP contribution in [-0.4, -0.2) is 33.0 Å². The molecule has 1 aliphatic heterocycles. The highest BCUT2D eigenvalue weighted by Gasteiger charge is 2.40. The molecule has 2 aromatic heterocycles. The minimum atomic E-state index is -0.113. The number of rotatable bonds is 4. The summed E-state index contributed by atoms with van der Waals surface area (Å²) in [5.41, 5.74) is 3.09. The highest BCUT2D eigenvalue weighted by Crippen LogP contribution is 2.54. The second kappa shape index (κ2) is 7.26. The van der Waals surface area contributed by atoms with E-state index >= 15 is 0 Å². The molecule has 2 fully saturated rings. The van der Waals surface area contributed by atoms with Gasteiger partial charge in [0.1, 0.15) is 5.82 Å². The molecule has 2 atom stereocenters. The molecule has 0 spiro atoms. The summed E-state index contributed by atoms with van der Waals surface area (Å²) in [5, 5.41) is 0. The zero-order valence-electron chi connectivity index (χ0n) is 15.6. The van der Waals surface area contributed by atoms with Crippen LogP contribution >= 0.6 is 0 Å². The molecule has 28 heavy (non-hydrogen) atoms. The van der Waals surface area contributed by atoms with Crippen LogP contribution in [-0.2, 0) is 0 Å². The van der Waals surface area contributed by atoms with E-state index in [9.17, 15) is 4.39 Å². The van der Waals surface area contributed by atoms with Crippen LogP contribution in [0, 0.1) is 5.82 Å². The van der Waals surface area contributed by atoms with Crippen LogP contribution in [0.4, 0.5) is 10.1 Å². The molecule has 3 aromatic rings. The first kappa shape index (κ1) is 17.2. The molecular formula is C22H22FN5. The summed E-state index contributed by atoms with van der Waals surface area (Å²) in [6.07, 6.45) is 11.7. The van der Waals surface area contributed by atoms with Gasteiger partial charge >= 0.3 is 0 Å². The standard InChI is InChI=1S/C22H22FN5/c23-19-6-5-15(11-20(19)28-9-2-1-3-10-28)17-12-18(17)16-13-26-22(27-14-16)21-24-7-4-8-25-21/h4-8,11,13-14,17-18H,1-3,9-10,12H2/t17-,18-/m0/s1. The largest absolute Gasteiger partial charge is 0.369 e. The van der Waals surface area contributed by atoms with Crippen LogP contribution in [0.2, 0.25) is 0 Å². The van der Waals surface area contributed by atoms with Crippen molar-refractivity contribution in [3.05, 3.63) is 66.0 Å². The molecule has 1 aromatic carbocycles. The molecule has 3 heterocycles. The summed E-state index contributed by atoms with van der Waals surface area (Å²) < 4.78 is 14.4. The van der Waals surface area contributed by atoms with Crippen LogP contribution in [0.3, 0.4) is 0 Å². The highest BCUT2D eigenvalue weighted by atomic mass is 19.1. The molecule has 2 aliphatic rings. The Labute approximate surface area is 163 Å². The van der Waals surface area contributed by atoms with Crippen molar-refractivity contribution >= 4 is 5.69 Å². The lowest BCUT2D eigenvalue weighted by molar-refractivity contribution is 0.556. The topological polar surface area (TPSA) is 54.8 Å². The molecule has 1 aliphatic carbocycles. The predicted octanol–water partition coefficient (Wildman–Crippen LogP) is 4.33. The zero-order valence-corrected chi connectivity index (χ0v) is 15.6. The molecule has 0 radical (unpaired) electrons. The first-order chi connectivity index (χ1) is 13.8. The molecule has 0 unspecified atom stereocenters. The Bertz CT molecular complexity index is 954. The maximum atomic E-state index is 14.4. The van der Waals surface area contributed by atoms with Crippen molar-refractivity contribution in [2.45, 2.75) is 37.5 Å². The van der Waals surface area contributed by atoms with E-state index < -0.39 is 0 Å². The Hall–Kier alpha value is -2.89.